The fourth-order valence-corrected chi connectivity index (χ4v) is 5.87. The predicted molar refractivity (Wildman–Crippen MR) is 140 cm³/mol. The third-order valence-corrected chi connectivity index (χ3v) is 8.39. The van der Waals surface area contributed by atoms with Crippen LogP contribution in [-0.2, 0) is 16.4 Å². The summed E-state index contributed by atoms with van der Waals surface area (Å²) in [6.07, 6.45) is 6.98. The van der Waals surface area contributed by atoms with E-state index in [2.05, 4.69) is 40.0 Å². The molecule has 1 saturated heterocycles. The van der Waals surface area contributed by atoms with E-state index in [9.17, 15) is 12.8 Å². The molecule has 1 aliphatic heterocycles. The molecule has 1 fully saturated rings. The highest BCUT2D eigenvalue weighted by atomic mass is 32.2. The van der Waals surface area contributed by atoms with E-state index in [1.807, 2.05) is 0 Å². The number of likely N-dealkylation sites (tertiary alicyclic amines) is 1. The summed E-state index contributed by atoms with van der Waals surface area (Å²) < 4.78 is 41.1. The largest absolute Gasteiger partial charge is 0.303 e. The molecule has 0 spiro atoms. The maximum Gasteiger partial charge on any atom is 0.240 e. The number of piperidine rings is 1. The first kappa shape index (κ1) is 25.5. The van der Waals surface area contributed by atoms with Crippen LogP contribution >= 0.6 is 0 Å². The molecule has 3 aromatic rings. The number of rotatable bonds is 11. The normalized spacial score (nSPS) is 15.3. The Kier molecular flexibility index (Phi) is 9.07. The Morgan fingerprint density at radius 3 is 2.11 bits per heavy atom. The predicted octanol–water partition coefficient (Wildman–Crippen LogP) is 5.90. The molecule has 1 N–H and O–H groups in total. The SMILES string of the molecule is O=S(=O)(NCCCN1CCC(CCCc2ccccc2)CC1)c1ccc(-c2ccc(F)cc2)cc1. The zero-order valence-electron chi connectivity index (χ0n) is 20.2. The molecule has 4 rings (SSSR count). The molecule has 0 aliphatic carbocycles. The summed E-state index contributed by atoms with van der Waals surface area (Å²) in [5.41, 5.74) is 3.13. The number of hydrogen-bond acceptors (Lipinski definition) is 3. The van der Waals surface area contributed by atoms with E-state index in [0.29, 0.717) is 6.54 Å². The highest BCUT2D eigenvalue weighted by Gasteiger charge is 2.19. The minimum Gasteiger partial charge on any atom is -0.303 e. The van der Waals surface area contributed by atoms with Crippen molar-refractivity contribution in [1.29, 1.82) is 0 Å². The molecule has 35 heavy (non-hydrogen) atoms. The van der Waals surface area contributed by atoms with Crippen LogP contribution in [0, 0.1) is 11.7 Å². The Morgan fingerprint density at radius 2 is 1.46 bits per heavy atom. The highest BCUT2D eigenvalue weighted by molar-refractivity contribution is 7.89. The van der Waals surface area contributed by atoms with Crippen molar-refractivity contribution in [2.24, 2.45) is 5.92 Å². The summed E-state index contributed by atoms with van der Waals surface area (Å²) in [5.74, 6) is 0.520. The maximum atomic E-state index is 13.1. The molecule has 0 radical (unpaired) electrons. The lowest BCUT2D eigenvalue weighted by Gasteiger charge is -2.32. The number of nitrogens with one attached hydrogen (secondary N) is 1. The smallest absolute Gasteiger partial charge is 0.240 e. The third-order valence-electron chi connectivity index (χ3n) is 6.91. The number of nitrogens with zero attached hydrogens (tertiary/aromatic N) is 1. The second-order valence-corrected chi connectivity index (χ2v) is 11.2. The molecular weight excluding hydrogens is 459 g/mol. The molecule has 0 bridgehead atoms. The van der Waals surface area contributed by atoms with Gasteiger partial charge in [-0.15, -0.1) is 0 Å². The van der Waals surface area contributed by atoms with Crippen molar-refractivity contribution in [3.63, 3.8) is 0 Å². The number of hydrogen-bond donors (Lipinski definition) is 1. The van der Waals surface area contributed by atoms with Gasteiger partial charge in [-0.25, -0.2) is 17.5 Å². The Labute approximate surface area is 209 Å². The Hall–Kier alpha value is -2.54. The van der Waals surface area contributed by atoms with E-state index in [0.717, 1.165) is 49.5 Å². The number of sulfonamides is 1. The summed E-state index contributed by atoms with van der Waals surface area (Å²) in [7, 11) is -3.54. The van der Waals surface area contributed by atoms with Gasteiger partial charge in [0.05, 0.1) is 4.90 Å². The quantitative estimate of drug-likeness (QED) is 0.338. The number of halogens is 1. The fourth-order valence-electron chi connectivity index (χ4n) is 4.80. The van der Waals surface area contributed by atoms with Crippen LogP contribution in [0.2, 0.25) is 0 Å². The number of benzene rings is 3. The third kappa shape index (κ3) is 7.72. The van der Waals surface area contributed by atoms with Gasteiger partial charge < -0.3 is 4.90 Å². The molecule has 0 unspecified atom stereocenters. The average Bonchev–Trinajstić information content (AvgIpc) is 2.89. The van der Waals surface area contributed by atoms with Crippen molar-refractivity contribution in [3.8, 4) is 11.1 Å². The van der Waals surface area contributed by atoms with Gasteiger partial charge in [0.2, 0.25) is 10.0 Å². The lowest BCUT2D eigenvalue weighted by Crippen LogP contribution is -2.36. The van der Waals surface area contributed by atoms with Gasteiger partial charge in [-0.3, -0.25) is 0 Å². The van der Waals surface area contributed by atoms with Gasteiger partial charge in [0.25, 0.3) is 0 Å². The van der Waals surface area contributed by atoms with Gasteiger partial charge in [0.1, 0.15) is 5.82 Å². The molecule has 1 aliphatic rings. The lowest BCUT2D eigenvalue weighted by atomic mass is 9.90. The molecule has 186 valence electrons. The standard InChI is InChI=1S/C29H35FN2O2S/c30-28-14-10-26(11-15-28)27-12-16-29(17-13-27)35(33,34)31-20-5-21-32-22-18-25(19-23-32)9-4-8-24-6-2-1-3-7-24/h1-3,6-7,10-17,25,31H,4-5,8-9,18-23H2. The molecule has 0 aromatic heterocycles. The van der Waals surface area contributed by atoms with Gasteiger partial charge in [0, 0.05) is 6.54 Å². The minimum absolute atomic E-state index is 0.250. The minimum atomic E-state index is -3.54. The topological polar surface area (TPSA) is 49.4 Å². The molecule has 0 atom stereocenters. The van der Waals surface area contributed by atoms with Crippen LogP contribution in [0.1, 0.15) is 37.7 Å². The van der Waals surface area contributed by atoms with Crippen molar-refractivity contribution in [1.82, 2.24) is 9.62 Å². The van der Waals surface area contributed by atoms with Gasteiger partial charge >= 0.3 is 0 Å². The highest BCUT2D eigenvalue weighted by Crippen LogP contribution is 2.24. The van der Waals surface area contributed by atoms with Gasteiger partial charge in [-0.05, 0) is 98.6 Å². The van der Waals surface area contributed by atoms with E-state index in [-0.39, 0.29) is 10.7 Å². The second kappa shape index (κ2) is 12.4. The second-order valence-electron chi connectivity index (χ2n) is 9.45. The van der Waals surface area contributed by atoms with Crippen molar-refractivity contribution in [3.05, 3.63) is 90.2 Å². The van der Waals surface area contributed by atoms with Crippen molar-refractivity contribution in [2.75, 3.05) is 26.2 Å². The molecule has 0 amide bonds. The summed E-state index contributed by atoms with van der Waals surface area (Å²) in [6.45, 7) is 3.56. The maximum absolute atomic E-state index is 13.1. The zero-order chi connectivity index (χ0) is 24.5. The van der Waals surface area contributed by atoms with Gasteiger partial charge in [-0.2, -0.15) is 0 Å². The molecule has 6 heteroatoms. The van der Waals surface area contributed by atoms with Gasteiger partial charge in [-0.1, -0.05) is 61.0 Å². The monoisotopic (exact) mass is 494 g/mol. The lowest BCUT2D eigenvalue weighted by molar-refractivity contribution is 0.176. The fraction of sp³-hybridized carbons (Fsp3) is 0.379. The Bertz CT molecular complexity index is 1140. The van der Waals surface area contributed by atoms with Gasteiger partial charge in [0.15, 0.2) is 0 Å². The van der Waals surface area contributed by atoms with Crippen molar-refractivity contribution >= 4 is 10.0 Å². The van der Waals surface area contributed by atoms with Crippen molar-refractivity contribution in [2.45, 2.75) is 43.4 Å². The van der Waals surface area contributed by atoms with Crippen LogP contribution in [0.4, 0.5) is 4.39 Å². The Balaban J connectivity index is 1.13. The Morgan fingerprint density at radius 1 is 0.829 bits per heavy atom. The first-order valence-corrected chi connectivity index (χ1v) is 14.1. The molecule has 0 saturated carbocycles. The van der Waals surface area contributed by atoms with Crippen LogP contribution in [0.25, 0.3) is 11.1 Å². The number of aryl methyl sites for hydroxylation is 1. The summed E-state index contributed by atoms with van der Waals surface area (Å²) in [4.78, 5) is 2.71. The first-order chi connectivity index (χ1) is 17.0. The first-order valence-electron chi connectivity index (χ1n) is 12.6. The van der Waals surface area contributed by atoms with E-state index in [1.54, 1.807) is 36.4 Å². The van der Waals surface area contributed by atoms with Crippen LogP contribution < -0.4 is 4.72 Å². The summed E-state index contributed by atoms with van der Waals surface area (Å²) >= 11 is 0. The van der Waals surface area contributed by atoms with Crippen LogP contribution in [0.5, 0.6) is 0 Å². The molecule has 4 nitrogen and oxygen atoms in total. The van der Waals surface area contributed by atoms with E-state index >= 15 is 0 Å². The van der Waals surface area contributed by atoms with Crippen molar-refractivity contribution < 1.29 is 12.8 Å². The van der Waals surface area contributed by atoms with E-state index in [1.165, 1.54) is 43.4 Å². The van der Waals surface area contributed by atoms with Crippen LogP contribution in [0.15, 0.2) is 83.8 Å². The average molecular weight is 495 g/mol. The van der Waals surface area contributed by atoms with E-state index in [4.69, 9.17) is 0 Å². The summed E-state index contributed by atoms with van der Waals surface area (Å²) in [5, 5.41) is 0. The van der Waals surface area contributed by atoms with E-state index < -0.39 is 10.0 Å². The van der Waals surface area contributed by atoms with Crippen LogP contribution in [-0.4, -0.2) is 39.5 Å². The molecule has 3 aromatic carbocycles. The van der Waals surface area contributed by atoms with Crippen LogP contribution in [0.3, 0.4) is 0 Å². The zero-order valence-corrected chi connectivity index (χ0v) is 21.0. The molecular formula is C29H35FN2O2S. The molecule has 1 heterocycles. The summed E-state index contributed by atoms with van der Waals surface area (Å²) in [6, 6.07) is 23.6.